The molecule has 0 bridgehead atoms. The average molecular weight is 293 g/mol. The Labute approximate surface area is 124 Å². The van der Waals surface area contributed by atoms with E-state index in [0.717, 1.165) is 6.42 Å². The van der Waals surface area contributed by atoms with Crippen LogP contribution in [0.25, 0.3) is 0 Å². The van der Waals surface area contributed by atoms with Crippen molar-refractivity contribution in [3.05, 3.63) is 17.7 Å². The van der Waals surface area contributed by atoms with E-state index in [1.54, 1.807) is 6.20 Å². The number of carbonyl (C=O) groups is 1. The molecule has 0 saturated carbocycles. The van der Waals surface area contributed by atoms with Gasteiger partial charge >= 0.3 is 0 Å². The fraction of sp³-hybridized carbons (Fsp3) is 0.643. The van der Waals surface area contributed by atoms with Crippen molar-refractivity contribution in [2.24, 2.45) is 5.84 Å². The van der Waals surface area contributed by atoms with Crippen LogP contribution in [0.5, 0.6) is 0 Å². The lowest BCUT2D eigenvalue weighted by molar-refractivity contribution is -0.00307. The summed E-state index contributed by atoms with van der Waals surface area (Å²) in [6.45, 7) is 7.71. The number of hydrazine groups is 1. The van der Waals surface area contributed by atoms with Crippen LogP contribution in [-0.4, -0.2) is 46.6 Å². The Morgan fingerprint density at radius 3 is 3.00 bits per heavy atom. The first-order valence-electron chi connectivity index (χ1n) is 7.30. The number of hydrogen-bond acceptors (Lipinski definition) is 6. The van der Waals surface area contributed by atoms with Crippen molar-refractivity contribution < 1.29 is 9.53 Å². The van der Waals surface area contributed by atoms with Crippen molar-refractivity contribution in [2.45, 2.75) is 39.2 Å². The number of nitrogens with one attached hydrogen (secondary N) is 1. The lowest BCUT2D eigenvalue weighted by Crippen LogP contribution is -2.48. The third-order valence-corrected chi connectivity index (χ3v) is 3.64. The van der Waals surface area contributed by atoms with Crippen molar-refractivity contribution in [2.75, 3.05) is 25.2 Å². The van der Waals surface area contributed by atoms with Crippen LogP contribution in [0.15, 0.2) is 6.20 Å². The monoisotopic (exact) mass is 293 g/mol. The second kappa shape index (κ2) is 6.82. The molecule has 1 amide bonds. The molecule has 116 valence electrons. The van der Waals surface area contributed by atoms with Crippen LogP contribution in [0.4, 0.5) is 5.69 Å². The first-order chi connectivity index (χ1) is 10.1. The maximum absolute atomic E-state index is 12.8. The number of nitrogens with zero attached hydrogens (tertiary/aromatic N) is 3. The van der Waals surface area contributed by atoms with Gasteiger partial charge in [0.2, 0.25) is 0 Å². The minimum atomic E-state index is -0.123. The van der Waals surface area contributed by atoms with E-state index in [1.807, 2.05) is 25.7 Å². The molecule has 7 nitrogen and oxygen atoms in total. The fourth-order valence-electron chi connectivity index (χ4n) is 2.34. The van der Waals surface area contributed by atoms with Gasteiger partial charge in [0.05, 0.1) is 31.1 Å². The van der Waals surface area contributed by atoms with Crippen molar-refractivity contribution in [3.8, 4) is 0 Å². The molecule has 2 rings (SSSR count). The van der Waals surface area contributed by atoms with Gasteiger partial charge in [-0.2, -0.15) is 0 Å². The minimum Gasteiger partial charge on any atom is -0.377 e. The molecule has 1 atom stereocenters. The predicted molar refractivity (Wildman–Crippen MR) is 79.9 cm³/mol. The smallest absolute Gasteiger partial charge is 0.275 e. The lowest BCUT2D eigenvalue weighted by atomic mass is 10.1. The van der Waals surface area contributed by atoms with E-state index < -0.39 is 0 Å². The molecule has 3 N–H and O–H groups in total. The molecule has 21 heavy (non-hydrogen) atoms. The van der Waals surface area contributed by atoms with Crippen LogP contribution >= 0.6 is 0 Å². The SMILES string of the molecule is CCC1COCCN1C(=O)c1nc(C(C)C)ncc1NN. The molecule has 1 aliphatic rings. The molecule has 0 radical (unpaired) electrons. The van der Waals surface area contributed by atoms with E-state index in [2.05, 4.69) is 15.4 Å². The zero-order valence-electron chi connectivity index (χ0n) is 12.8. The maximum Gasteiger partial charge on any atom is 0.275 e. The van der Waals surface area contributed by atoms with Gasteiger partial charge in [-0.15, -0.1) is 0 Å². The Kier molecular flexibility index (Phi) is 5.08. The number of amides is 1. The van der Waals surface area contributed by atoms with Crippen molar-refractivity contribution in [3.63, 3.8) is 0 Å². The van der Waals surface area contributed by atoms with E-state index >= 15 is 0 Å². The summed E-state index contributed by atoms with van der Waals surface area (Å²) in [5, 5.41) is 0. The number of nitrogens with two attached hydrogens (primary N) is 1. The lowest BCUT2D eigenvalue weighted by Gasteiger charge is -2.35. The second-order valence-electron chi connectivity index (χ2n) is 5.43. The highest BCUT2D eigenvalue weighted by atomic mass is 16.5. The third kappa shape index (κ3) is 3.30. The Morgan fingerprint density at radius 1 is 1.62 bits per heavy atom. The summed E-state index contributed by atoms with van der Waals surface area (Å²) in [5.74, 6) is 6.15. The number of morpholine rings is 1. The Morgan fingerprint density at radius 2 is 2.38 bits per heavy atom. The molecule has 1 fully saturated rings. The van der Waals surface area contributed by atoms with E-state index in [1.165, 1.54) is 0 Å². The number of ether oxygens (including phenoxy) is 1. The van der Waals surface area contributed by atoms with E-state index in [0.29, 0.717) is 37.0 Å². The third-order valence-electron chi connectivity index (χ3n) is 3.64. The van der Waals surface area contributed by atoms with Gasteiger partial charge in [0.25, 0.3) is 5.91 Å². The molecule has 1 aliphatic heterocycles. The number of carbonyl (C=O) groups excluding carboxylic acids is 1. The van der Waals surface area contributed by atoms with Gasteiger partial charge in [-0.3, -0.25) is 10.6 Å². The summed E-state index contributed by atoms with van der Waals surface area (Å²) in [5.41, 5.74) is 3.29. The zero-order chi connectivity index (χ0) is 15.4. The summed E-state index contributed by atoms with van der Waals surface area (Å²) < 4.78 is 5.44. The molecule has 1 aromatic heterocycles. The molecule has 0 spiro atoms. The van der Waals surface area contributed by atoms with Gasteiger partial charge in [0, 0.05) is 12.5 Å². The van der Waals surface area contributed by atoms with Gasteiger partial charge in [-0.05, 0) is 6.42 Å². The van der Waals surface area contributed by atoms with E-state index in [9.17, 15) is 4.79 Å². The summed E-state index contributed by atoms with van der Waals surface area (Å²) in [4.78, 5) is 23.3. The molecule has 1 unspecified atom stereocenters. The van der Waals surface area contributed by atoms with Gasteiger partial charge < -0.3 is 15.1 Å². The number of nitrogen functional groups attached to an aromatic ring is 1. The molecule has 0 aromatic carbocycles. The van der Waals surface area contributed by atoms with Gasteiger partial charge in [-0.1, -0.05) is 20.8 Å². The van der Waals surface area contributed by atoms with Gasteiger partial charge in [0.15, 0.2) is 5.69 Å². The highest BCUT2D eigenvalue weighted by molar-refractivity contribution is 5.97. The quantitative estimate of drug-likeness (QED) is 0.638. The molecular weight excluding hydrogens is 270 g/mol. The van der Waals surface area contributed by atoms with Gasteiger partial charge in [0.1, 0.15) is 5.82 Å². The summed E-state index contributed by atoms with van der Waals surface area (Å²) in [6.07, 6.45) is 2.41. The summed E-state index contributed by atoms with van der Waals surface area (Å²) in [6, 6.07) is 0.0781. The average Bonchev–Trinajstić information content (AvgIpc) is 2.53. The van der Waals surface area contributed by atoms with Crippen LogP contribution in [0.1, 0.15) is 49.4 Å². The highest BCUT2D eigenvalue weighted by Crippen LogP contribution is 2.20. The first-order valence-corrected chi connectivity index (χ1v) is 7.30. The van der Waals surface area contributed by atoms with Crippen LogP contribution in [0, 0.1) is 0 Å². The Balaban J connectivity index is 2.34. The van der Waals surface area contributed by atoms with Crippen LogP contribution in [0.3, 0.4) is 0 Å². The van der Waals surface area contributed by atoms with E-state index in [-0.39, 0.29) is 17.9 Å². The van der Waals surface area contributed by atoms with Crippen LogP contribution < -0.4 is 11.3 Å². The first kappa shape index (κ1) is 15.7. The summed E-state index contributed by atoms with van der Waals surface area (Å²) >= 11 is 0. The molecule has 1 aromatic rings. The summed E-state index contributed by atoms with van der Waals surface area (Å²) in [7, 11) is 0. The maximum atomic E-state index is 12.8. The largest absolute Gasteiger partial charge is 0.377 e. The molecule has 1 saturated heterocycles. The van der Waals surface area contributed by atoms with E-state index in [4.69, 9.17) is 10.6 Å². The van der Waals surface area contributed by atoms with Crippen molar-refractivity contribution in [1.29, 1.82) is 0 Å². The Bertz CT molecular complexity index is 506. The fourth-order valence-corrected chi connectivity index (χ4v) is 2.34. The Hall–Kier alpha value is -1.73. The minimum absolute atomic E-state index is 0.0781. The van der Waals surface area contributed by atoms with Crippen LogP contribution in [-0.2, 0) is 4.74 Å². The highest BCUT2D eigenvalue weighted by Gasteiger charge is 2.29. The molecule has 0 aliphatic carbocycles. The second-order valence-corrected chi connectivity index (χ2v) is 5.43. The van der Waals surface area contributed by atoms with Crippen molar-refractivity contribution in [1.82, 2.24) is 14.9 Å². The topological polar surface area (TPSA) is 93.4 Å². The van der Waals surface area contributed by atoms with Gasteiger partial charge in [-0.25, -0.2) is 9.97 Å². The molecule has 2 heterocycles. The normalized spacial score (nSPS) is 18.9. The number of rotatable bonds is 4. The number of aromatic nitrogens is 2. The zero-order valence-corrected chi connectivity index (χ0v) is 12.8. The standard InChI is InChI=1S/C14H23N5O2/c1-4-10-8-21-6-5-19(10)14(20)12-11(18-15)7-16-13(17-12)9(2)3/h7,9-10,18H,4-6,8,15H2,1-3H3. The van der Waals surface area contributed by atoms with Crippen LogP contribution in [0.2, 0.25) is 0 Å². The number of hydrogen-bond donors (Lipinski definition) is 2. The molecule has 7 heteroatoms. The predicted octanol–water partition coefficient (Wildman–Crippen LogP) is 1.14. The number of anilines is 1. The van der Waals surface area contributed by atoms with Crippen molar-refractivity contribution >= 4 is 11.6 Å². The molecular formula is C14H23N5O2.